The molecule has 2 aromatic heterocycles. The molecule has 4 heterocycles. The number of anilines is 1. The van der Waals surface area contributed by atoms with Crippen LogP contribution >= 0.6 is 0 Å². The van der Waals surface area contributed by atoms with Crippen LogP contribution in [0.25, 0.3) is 32.9 Å². The fourth-order valence-electron chi connectivity index (χ4n) is 11.3. The van der Waals surface area contributed by atoms with Crippen LogP contribution in [0.4, 0.5) is 15.0 Å². The van der Waals surface area contributed by atoms with Gasteiger partial charge in [0.15, 0.2) is 5.75 Å². The molecule has 11 nitrogen and oxygen atoms in total. The van der Waals surface area contributed by atoms with Crippen molar-refractivity contribution in [3.05, 3.63) is 178 Å². The van der Waals surface area contributed by atoms with Crippen molar-refractivity contribution in [3.63, 3.8) is 0 Å². The Morgan fingerprint density at radius 3 is 2.03 bits per heavy atom. The number of hydrogen-bond acceptors (Lipinski definition) is 9. The first-order valence-corrected chi connectivity index (χ1v) is 25.8. The topological polar surface area (TPSA) is 115 Å². The van der Waals surface area contributed by atoms with Gasteiger partial charge in [0, 0.05) is 58.2 Å². The number of aromatic nitrogens is 4. The van der Waals surface area contributed by atoms with E-state index in [2.05, 4.69) is 59.5 Å². The number of carbonyl (C=O) groups is 1. The van der Waals surface area contributed by atoms with E-state index in [9.17, 15) is 9.90 Å². The van der Waals surface area contributed by atoms with Crippen LogP contribution in [0.15, 0.2) is 134 Å². The number of benzene rings is 6. The highest BCUT2D eigenvalue weighted by molar-refractivity contribution is 6.06. The van der Waals surface area contributed by atoms with Gasteiger partial charge in [-0.05, 0) is 117 Å². The van der Waals surface area contributed by atoms with Gasteiger partial charge in [0.2, 0.25) is 0 Å². The van der Waals surface area contributed by atoms with Crippen LogP contribution < -0.4 is 14.4 Å². The van der Waals surface area contributed by atoms with Crippen molar-refractivity contribution >= 4 is 33.7 Å². The maximum Gasteiger partial charge on any atom is 0.410 e. The number of aliphatic hydroxyl groups is 1. The minimum atomic E-state index is -0.965. The van der Waals surface area contributed by atoms with Gasteiger partial charge < -0.3 is 29.1 Å². The molecular formula is C62H59FN6O5. The Bertz CT molecular complexity index is 3380. The Kier molecular flexibility index (Phi) is 11.7. The Morgan fingerprint density at radius 2 is 1.47 bits per heavy atom. The van der Waals surface area contributed by atoms with Gasteiger partial charge in [-0.15, -0.1) is 6.42 Å². The van der Waals surface area contributed by atoms with E-state index in [-0.39, 0.29) is 55.3 Å². The number of likely N-dealkylation sites (tertiary alicyclic amines) is 1. The molecule has 0 spiro atoms. The van der Waals surface area contributed by atoms with Crippen molar-refractivity contribution in [2.45, 2.75) is 95.5 Å². The molecule has 4 aliphatic rings. The fraction of sp³-hybridized carbons (Fsp3) is 0.323. The fourth-order valence-corrected chi connectivity index (χ4v) is 11.3. The minimum absolute atomic E-state index is 0.00578. The smallest absolute Gasteiger partial charge is 0.410 e. The molecule has 374 valence electrons. The van der Waals surface area contributed by atoms with Gasteiger partial charge in [0.05, 0.1) is 30.8 Å². The van der Waals surface area contributed by atoms with Crippen LogP contribution in [-0.2, 0) is 16.9 Å². The van der Waals surface area contributed by atoms with E-state index in [4.69, 9.17) is 35.7 Å². The molecule has 0 unspecified atom stereocenters. The van der Waals surface area contributed by atoms with Gasteiger partial charge in [-0.2, -0.15) is 15.1 Å². The summed E-state index contributed by atoms with van der Waals surface area (Å²) in [5.41, 5.74) is 6.54. The number of amides is 1. The average molecular weight is 987 g/mol. The zero-order valence-corrected chi connectivity index (χ0v) is 42.2. The van der Waals surface area contributed by atoms with E-state index in [1.165, 1.54) is 0 Å². The number of nitrogens with zero attached hydrogens (tertiary/aromatic N) is 6. The van der Waals surface area contributed by atoms with Crippen LogP contribution in [-0.4, -0.2) is 79.8 Å². The van der Waals surface area contributed by atoms with E-state index in [1.807, 2.05) is 116 Å². The molecule has 2 saturated carbocycles. The molecule has 12 rings (SSSR count). The third-order valence-electron chi connectivity index (χ3n) is 15.6. The highest BCUT2D eigenvalue weighted by atomic mass is 19.1. The summed E-state index contributed by atoms with van der Waals surface area (Å²) in [5.74, 6) is 3.62. The monoisotopic (exact) mass is 986 g/mol. The van der Waals surface area contributed by atoms with Crippen molar-refractivity contribution in [1.82, 2.24) is 24.6 Å². The van der Waals surface area contributed by atoms with Crippen LogP contribution in [0.2, 0.25) is 0 Å². The predicted octanol–water partition coefficient (Wildman–Crippen LogP) is 11.7. The number of halogens is 1. The van der Waals surface area contributed by atoms with Crippen LogP contribution in [0.5, 0.6) is 11.8 Å². The number of terminal acetylenes is 1. The summed E-state index contributed by atoms with van der Waals surface area (Å²) in [6, 6.07) is 42.5. The summed E-state index contributed by atoms with van der Waals surface area (Å²) in [5, 5.41) is 17.3. The van der Waals surface area contributed by atoms with Crippen molar-refractivity contribution in [2.24, 2.45) is 5.41 Å². The van der Waals surface area contributed by atoms with Crippen LogP contribution in [0.3, 0.4) is 0 Å². The largest absolute Gasteiger partial charge is 0.486 e. The lowest BCUT2D eigenvalue weighted by Crippen LogP contribution is -2.50. The number of carbonyl (C=O) groups excluding carboxylic acids is 1. The molecule has 1 amide bonds. The predicted molar refractivity (Wildman–Crippen MR) is 285 cm³/mol. The maximum absolute atomic E-state index is 17.2. The number of piperazine rings is 1. The van der Waals surface area contributed by atoms with Gasteiger partial charge in [-0.3, -0.25) is 4.68 Å². The summed E-state index contributed by atoms with van der Waals surface area (Å²) in [4.78, 5) is 28.1. The highest BCUT2D eigenvalue weighted by Gasteiger charge is 2.49. The molecule has 1 N–H and O–H groups in total. The zero-order valence-electron chi connectivity index (χ0n) is 42.2. The van der Waals surface area contributed by atoms with Gasteiger partial charge in [0.1, 0.15) is 34.9 Å². The van der Waals surface area contributed by atoms with E-state index < -0.39 is 17.0 Å². The summed E-state index contributed by atoms with van der Waals surface area (Å²) in [6.45, 7) is 8.89. The first-order chi connectivity index (χ1) is 35.9. The quantitative estimate of drug-likeness (QED) is 0.0840. The molecule has 2 atom stereocenters. The van der Waals surface area contributed by atoms with Crippen molar-refractivity contribution in [1.29, 1.82) is 0 Å². The van der Waals surface area contributed by atoms with Crippen molar-refractivity contribution in [2.75, 3.05) is 31.2 Å². The number of hydrogen-bond donors (Lipinski definition) is 1. The summed E-state index contributed by atoms with van der Waals surface area (Å²) < 4.78 is 38.9. The van der Waals surface area contributed by atoms with Crippen molar-refractivity contribution in [3.8, 4) is 35.2 Å². The maximum atomic E-state index is 17.2. The first kappa shape index (κ1) is 47.3. The molecule has 8 aromatic rings. The van der Waals surface area contributed by atoms with Gasteiger partial charge in [-0.1, -0.05) is 109 Å². The molecule has 0 radical (unpaired) electrons. The Hall–Kier alpha value is -7.75. The number of ether oxygens (including phenoxy) is 3. The van der Waals surface area contributed by atoms with Crippen LogP contribution in [0.1, 0.15) is 97.7 Å². The number of rotatable bonds is 14. The second-order valence-corrected chi connectivity index (χ2v) is 21.7. The average Bonchev–Trinajstić information content (AvgIpc) is 4.31. The second kappa shape index (κ2) is 18.3. The Labute approximate surface area is 430 Å². The zero-order chi connectivity index (χ0) is 50.9. The Balaban J connectivity index is 1.10. The molecule has 6 aromatic carbocycles. The van der Waals surface area contributed by atoms with E-state index in [0.717, 1.165) is 81.8 Å². The first-order valence-electron chi connectivity index (χ1n) is 25.8. The SMILES string of the molecule is C#Cc1ccc(COc2c(-c3c(C)c(F)cc4nn(C(c5ccccc5)(c5ccccc5)c5ccccc5)cc34)c(C3CC3)cc3c(N4C[C@@H]5C[C@H]4CN5C(=O)OC(C)(C)C)nc(OCC4(CO)CC4)nc23)cc1. The summed E-state index contributed by atoms with van der Waals surface area (Å²) in [6.07, 6.45) is 11.8. The third kappa shape index (κ3) is 8.37. The normalized spacial score (nSPS) is 18.0. The summed E-state index contributed by atoms with van der Waals surface area (Å²) in [7, 11) is 0. The molecule has 4 fully saturated rings. The standard InChI is InChI=1S/C62H59FN6O5/c1-6-40-22-24-41(25-23-40)36-72-56-54(53-39(2)51(63)32-52-50(53)35-69(66-52)62(43-16-10-7-11-17-43,44-18-12-8-13-19-44)45-20-14-9-15-21-45)48(42-26-27-42)31-49-55(56)64-58(73-38-61(37-70)28-29-61)65-57(49)67-33-47-30-46(67)34-68(47)59(71)74-60(3,4)5/h1,7-25,31-32,35,42,46-47,70H,26-30,33-34,36-38H2,2-5H3/t46-,47-/m0/s1. The Morgan fingerprint density at radius 1 is 0.824 bits per heavy atom. The lowest BCUT2D eigenvalue weighted by Gasteiger charge is -2.36. The molecule has 2 saturated heterocycles. The lowest BCUT2D eigenvalue weighted by molar-refractivity contribution is 0.0214. The van der Waals surface area contributed by atoms with Crippen LogP contribution in [0, 0.1) is 30.5 Å². The van der Waals surface area contributed by atoms with Crippen molar-refractivity contribution < 1.29 is 28.5 Å². The molecule has 2 bridgehead atoms. The molecular weight excluding hydrogens is 928 g/mol. The highest BCUT2D eigenvalue weighted by Crippen LogP contribution is 2.55. The van der Waals surface area contributed by atoms with Gasteiger partial charge >= 0.3 is 12.1 Å². The molecule has 12 heteroatoms. The molecule has 2 aliphatic carbocycles. The summed E-state index contributed by atoms with van der Waals surface area (Å²) >= 11 is 0. The molecule has 2 aliphatic heterocycles. The van der Waals surface area contributed by atoms with E-state index >= 15 is 4.39 Å². The third-order valence-corrected chi connectivity index (χ3v) is 15.6. The number of aliphatic hydroxyl groups excluding tert-OH is 1. The van der Waals surface area contributed by atoms with Gasteiger partial charge in [0.25, 0.3) is 0 Å². The second-order valence-electron chi connectivity index (χ2n) is 21.7. The molecule has 74 heavy (non-hydrogen) atoms. The number of fused-ring (bicyclic) bond motifs is 4. The van der Waals surface area contributed by atoms with Gasteiger partial charge in [-0.25, -0.2) is 9.18 Å². The van der Waals surface area contributed by atoms with E-state index in [0.29, 0.717) is 46.8 Å². The van der Waals surface area contributed by atoms with E-state index in [1.54, 1.807) is 6.07 Å². The lowest BCUT2D eigenvalue weighted by atomic mass is 9.77. The minimum Gasteiger partial charge on any atom is -0.486 e.